The summed E-state index contributed by atoms with van der Waals surface area (Å²) in [5.41, 5.74) is 1.96. The van der Waals surface area contributed by atoms with Crippen LogP contribution < -0.4 is 10.2 Å². The van der Waals surface area contributed by atoms with Crippen LogP contribution in [0.3, 0.4) is 0 Å². The molecule has 0 radical (unpaired) electrons. The first kappa shape index (κ1) is 27.1. The van der Waals surface area contributed by atoms with Crippen LogP contribution in [-0.4, -0.2) is 34.5 Å². The van der Waals surface area contributed by atoms with Gasteiger partial charge in [-0.05, 0) is 72.5 Å². The minimum absolute atomic E-state index is 0.0709. The van der Waals surface area contributed by atoms with Gasteiger partial charge in [-0.25, -0.2) is 9.18 Å². The molecular formula is C31H24ClFN2O5. The molecule has 4 aromatic carbocycles. The predicted molar refractivity (Wildman–Crippen MR) is 151 cm³/mol. The van der Waals surface area contributed by atoms with Gasteiger partial charge in [-0.2, -0.15) is 0 Å². The summed E-state index contributed by atoms with van der Waals surface area (Å²) in [5, 5.41) is 23.5. The lowest BCUT2D eigenvalue weighted by molar-refractivity contribution is 0.0691. The van der Waals surface area contributed by atoms with E-state index in [0.717, 1.165) is 6.07 Å². The Hall–Kier alpha value is -4.53. The molecule has 7 nitrogen and oxygen atoms in total. The number of nitrogens with one attached hydrogen (secondary N) is 1. The van der Waals surface area contributed by atoms with E-state index >= 15 is 0 Å². The summed E-state index contributed by atoms with van der Waals surface area (Å²) in [6, 6.07) is 21.7. The normalized spacial score (nSPS) is 14.7. The minimum atomic E-state index is -1.36. The van der Waals surface area contributed by atoms with Gasteiger partial charge in [-0.1, -0.05) is 48.0 Å². The SMILES string of the molecule is O=C(O)c1cc(NC(=O)c2cc(F)ccc2-c2ccccc2)ccc1C(=O)N1CCCC(O)c2cc(Cl)ccc21. The summed E-state index contributed by atoms with van der Waals surface area (Å²) in [4.78, 5) is 40.5. The summed E-state index contributed by atoms with van der Waals surface area (Å²) in [6.45, 7) is 0.268. The Bertz CT molecular complexity index is 1630. The van der Waals surface area contributed by atoms with Crippen molar-refractivity contribution >= 4 is 40.8 Å². The minimum Gasteiger partial charge on any atom is -0.478 e. The number of carbonyl (C=O) groups excluding carboxylic acids is 2. The number of benzene rings is 4. The molecule has 2 amide bonds. The van der Waals surface area contributed by atoms with Crippen LogP contribution in [0.25, 0.3) is 11.1 Å². The number of carboxylic acid groups (broad SMARTS) is 1. The number of aliphatic hydroxyl groups excluding tert-OH is 1. The molecule has 0 saturated heterocycles. The number of rotatable bonds is 5. The topological polar surface area (TPSA) is 107 Å². The largest absolute Gasteiger partial charge is 0.478 e. The van der Waals surface area contributed by atoms with E-state index in [0.29, 0.717) is 40.2 Å². The third-order valence-electron chi connectivity index (χ3n) is 6.79. The number of anilines is 2. The van der Waals surface area contributed by atoms with E-state index in [-0.39, 0.29) is 28.9 Å². The van der Waals surface area contributed by atoms with Crippen molar-refractivity contribution in [2.75, 3.05) is 16.8 Å². The molecule has 1 unspecified atom stereocenters. The van der Waals surface area contributed by atoms with Crippen LogP contribution in [0, 0.1) is 5.82 Å². The molecule has 1 atom stereocenters. The Kier molecular flexibility index (Phi) is 7.64. The number of aromatic carboxylic acids is 1. The van der Waals surface area contributed by atoms with Crippen molar-refractivity contribution in [2.45, 2.75) is 18.9 Å². The van der Waals surface area contributed by atoms with Gasteiger partial charge in [0.05, 0.1) is 22.8 Å². The van der Waals surface area contributed by atoms with Crippen LogP contribution in [0.4, 0.5) is 15.8 Å². The van der Waals surface area contributed by atoms with Gasteiger partial charge in [-0.3, -0.25) is 9.59 Å². The van der Waals surface area contributed by atoms with Gasteiger partial charge in [0.15, 0.2) is 0 Å². The van der Waals surface area contributed by atoms with Crippen molar-refractivity contribution in [2.24, 2.45) is 0 Å². The van der Waals surface area contributed by atoms with Gasteiger partial charge < -0.3 is 20.4 Å². The van der Waals surface area contributed by atoms with Crippen LogP contribution in [0.15, 0.2) is 84.9 Å². The highest BCUT2D eigenvalue weighted by Gasteiger charge is 2.29. The molecule has 202 valence electrons. The monoisotopic (exact) mass is 558 g/mol. The zero-order chi connectivity index (χ0) is 28.4. The maximum atomic E-state index is 14.1. The molecule has 0 bridgehead atoms. The molecule has 1 aliphatic heterocycles. The quantitative estimate of drug-likeness (QED) is 0.257. The predicted octanol–water partition coefficient (Wildman–Crippen LogP) is 6.57. The number of carboxylic acids is 1. The maximum Gasteiger partial charge on any atom is 0.336 e. The van der Waals surface area contributed by atoms with Crippen molar-refractivity contribution in [1.29, 1.82) is 0 Å². The molecule has 3 N–H and O–H groups in total. The maximum absolute atomic E-state index is 14.1. The summed E-state index contributed by atoms with van der Waals surface area (Å²) >= 11 is 6.12. The summed E-state index contributed by atoms with van der Waals surface area (Å²) < 4.78 is 14.1. The van der Waals surface area contributed by atoms with Gasteiger partial charge >= 0.3 is 5.97 Å². The molecule has 9 heteroatoms. The van der Waals surface area contributed by atoms with Crippen LogP contribution in [0.1, 0.15) is 55.6 Å². The van der Waals surface area contributed by atoms with Gasteiger partial charge in [0.25, 0.3) is 11.8 Å². The molecule has 1 aliphatic rings. The fourth-order valence-electron chi connectivity index (χ4n) is 4.87. The van der Waals surface area contributed by atoms with Crippen LogP contribution in [0.2, 0.25) is 5.02 Å². The number of amides is 2. The van der Waals surface area contributed by atoms with Crippen LogP contribution >= 0.6 is 11.6 Å². The number of fused-ring (bicyclic) bond motifs is 1. The van der Waals surface area contributed by atoms with E-state index in [9.17, 15) is 29.0 Å². The molecule has 5 rings (SSSR count). The molecule has 4 aromatic rings. The molecule has 40 heavy (non-hydrogen) atoms. The first-order valence-electron chi connectivity index (χ1n) is 12.6. The van der Waals surface area contributed by atoms with Crippen molar-refractivity contribution in [3.8, 4) is 11.1 Å². The third kappa shape index (κ3) is 5.45. The Morgan fingerprint density at radius 1 is 0.900 bits per heavy atom. The van der Waals surface area contributed by atoms with Gasteiger partial charge in [0.2, 0.25) is 0 Å². The Morgan fingerprint density at radius 2 is 1.68 bits per heavy atom. The second-order valence-electron chi connectivity index (χ2n) is 9.39. The molecular weight excluding hydrogens is 535 g/mol. The fraction of sp³-hybridized carbons (Fsp3) is 0.129. The van der Waals surface area contributed by atoms with Gasteiger partial charge in [0.1, 0.15) is 5.82 Å². The first-order chi connectivity index (χ1) is 19.2. The highest BCUT2D eigenvalue weighted by Crippen LogP contribution is 2.36. The van der Waals surface area contributed by atoms with Gasteiger partial charge in [0, 0.05) is 28.5 Å². The average molecular weight is 559 g/mol. The molecule has 0 aromatic heterocycles. The Balaban J connectivity index is 1.47. The fourth-order valence-corrected chi connectivity index (χ4v) is 5.05. The van der Waals surface area contributed by atoms with Crippen molar-refractivity contribution in [3.05, 3.63) is 118 Å². The average Bonchev–Trinajstić information content (AvgIpc) is 3.11. The standard InChI is InChI=1S/C31H24ClFN2O5/c32-19-8-13-27-26(15-19)28(36)7-4-14-35(27)30(38)23-12-10-21(17-25(23)31(39)40)34-29(37)24-16-20(33)9-11-22(24)18-5-2-1-3-6-18/h1-3,5-6,8-13,15-17,28,36H,4,7,14H2,(H,34,37)(H,39,40). The summed E-state index contributed by atoms with van der Waals surface area (Å²) in [6.07, 6.45) is 0.0955. The number of aliphatic hydroxyl groups is 1. The molecule has 0 saturated carbocycles. The zero-order valence-electron chi connectivity index (χ0n) is 21.1. The van der Waals surface area contributed by atoms with Crippen molar-refractivity contribution in [3.63, 3.8) is 0 Å². The van der Waals surface area contributed by atoms with Crippen molar-refractivity contribution in [1.82, 2.24) is 0 Å². The van der Waals surface area contributed by atoms with Gasteiger partial charge in [-0.15, -0.1) is 0 Å². The number of halogens is 2. The van der Waals surface area contributed by atoms with Crippen LogP contribution in [-0.2, 0) is 0 Å². The number of hydrogen-bond donors (Lipinski definition) is 3. The third-order valence-corrected chi connectivity index (χ3v) is 7.03. The van der Waals surface area contributed by atoms with E-state index in [1.165, 1.54) is 35.2 Å². The van der Waals surface area contributed by atoms with E-state index in [2.05, 4.69) is 5.32 Å². The highest BCUT2D eigenvalue weighted by molar-refractivity contribution is 6.30. The molecule has 0 aliphatic carbocycles. The number of carbonyl (C=O) groups is 3. The van der Waals surface area contributed by atoms with E-state index in [4.69, 9.17) is 11.6 Å². The smallest absolute Gasteiger partial charge is 0.336 e. The molecule has 0 spiro atoms. The number of nitrogens with zero attached hydrogens (tertiary/aromatic N) is 1. The van der Waals surface area contributed by atoms with Crippen LogP contribution in [0.5, 0.6) is 0 Å². The Morgan fingerprint density at radius 3 is 2.42 bits per heavy atom. The molecule has 1 heterocycles. The van der Waals surface area contributed by atoms with E-state index < -0.39 is 29.7 Å². The number of hydrogen-bond acceptors (Lipinski definition) is 4. The second-order valence-corrected chi connectivity index (χ2v) is 9.83. The molecule has 0 fully saturated rings. The lowest BCUT2D eigenvalue weighted by Gasteiger charge is -2.24. The Labute approximate surface area is 234 Å². The zero-order valence-corrected chi connectivity index (χ0v) is 21.9. The van der Waals surface area contributed by atoms with E-state index in [1.54, 1.807) is 42.5 Å². The van der Waals surface area contributed by atoms with Crippen molar-refractivity contribution < 1.29 is 29.0 Å². The summed E-state index contributed by atoms with van der Waals surface area (Å²) in [5.74, 6) is -3.16. The lowest BCUT2D eigenvalue weighted by Crippen LogP contribution is -2.33. The first-order valence-corrected chi connectivity index (χ1v) is 12.9. The lowest BCUT2D eigenvalue weighted by atomic mass is 9.98. The highest BCUT2D eigenvalue weighted by atomic mass is 35.5. The summed E-state index contributed by atoms with van der Waals surface area (Å²) in [7, 11) is 0. The second kappa shape index (κ2) is 11.3. The van der Waals surface area contributed by atoms with E-state index in [1.807, 2.05) is 6.07 Å².